The van der Waals surface area contributed by atoms with Gasteiger partial charge in [0.1, 0.15) is 0 Å². The molecule has 0 aliphatic carbocycles. The lowest BCUT2D eigenvalue weighted by atomic mass is 10.3. The Labute approximate surface area is 76.2 Å². The molecule has 0 radical (unpaired) electrons. The van der Waals surface area contributed by atoms with Crippen LogP contribution >= 0.6 is 0 Å². The number of carbonyl (C=O) groups is 1. The first-order valence-electron chi connectivity index (χ1n) is 4.03. The van der Waals surface area contributed by atoms with Gasteiger partial charge in [0.2, 0.25) is 5.88 Å². The number of rotatable bonds is 3. The van der Waals surface area contributed by atoms with Gasteiger partial charge in [0, 0.05) is 6.07 Å². The van der Waals surface area contributed by atoms with Crippen LogP contribution in [0.4, 0.5) is 0 Å². The van der Waals surface area contributed by atoms with Crippen LogP contribution < -0.4 is 0 Å². The Balaban J connectivity index is 2.58. The highest BCUT2D eigenvalue weighted by molar-refractivity contribution is 5.71. The third-order valence-corrected chi connectivity index (χ3v) is 1.42. The highest BCUT2D eigenvalue weighted by atomic mass is 16.5. The van der Waals surface area contributed by atoms with E-state index in [9.17, 15) is 4.79 Å². The molecule has 1 rings (SSSR count). The van der Waals surface area contributed by atoms with E-state index in [1.807, 2.05) is 0 Å². The molecule has 0 aliphatic rings. The van der Waals surface area contributed by atoms with Crippen molar-refractivity contribution in [3.05, 3.63) is 23.9 Å². The number of aromatic nitrogens is 1. The molecule has 1 aromatic heterocycles. The molecule has 0 bridgehead atoms. The summed E-state index contributed by atoms with van der Waals surface area (Å²) in [4.78, 5) is 14.7. The summed E-state index contributed by atoms with van der Waals surface area (Å²) in [5.41, 5.74) is 0.512. The lowest BCUT2D eigenvalue weighted by Gasteiger charge is -2.00. The number of pyridine rings is 1. The molecule has 1 N–H and O–H groups in total. The molecular formula is C9H11NO3. The van der Waals surface area contributed by atoms with Crippen LogP contribution in [0.3, 0.4) is 0 Å². The quantitative estimate of drug-likeness (QED) is 0.703. The van der Waals surface area contributed by atoms with Gasteiger partial charge in [0.15, 0.2) is 0 Å². The van der Waals surface area contributed by atoms with Gasteiger partial charge in [-0.3, -0.25) is 4.79 Å². The number of ether oxygens (including phenoxy) is 1. The van der Waals surface area contributed by atoms with Crippen molar-refractivity contribution in [1.82, 2.24) is 4.98 Å². The molecule has 70 valence electrons. The van der Waals surface area contributed by atoms with Crippen LogP contribution in [0.25, 0.3) is 0 Å². The summed E-state index contributed by atoms with van der Waals surface area (Å²) >= 11 is 0. The Morgan fingerprint density at radius 2 is 2.38 bits per heavy atom. The first-order chi connectivity index (χ1) is 6.22. The van der Waals surface area contributed by atoms with Crippen molar-refractivity contribution in [2.24, 2.45) is 0 Å². The Hall–Kier alpha value is -1.58. The zero-order valence-corrected chi connectivity index (χ0v) is 7.36. The van der Waals surface area contributed by atoms with Crippen molar-refractivity contribution in [2.45, 2.75) is 13.3 Å². The van der Waals surface area contributed by atoms with E-state index in [0.29, 0.717) is 12.3 Å². The highest BCUT2D eigenvalue weighted by Crippen LogP contribution is 2.05. The van der Waals surface area contributed by atoms with E-state index in [1.165, 1.54) is 6.07 Å². The predicted molar refractivity (Wildman–Crippen MR) is 46.2 cm³/mol. The standard InChI is InChI=1S/C9H11NO3/c1-2-13-9(12)6-7-4-3-5-8(11)10-7/h3-5H,2,6H2,1H3,(H,10,11). The fourth-order valence-corrected chi connectivity index (χ4v) is 0.925. The summed E-state index contributed by atoms with van der Waals surface area (Å²) in [6.45, 7) is 2.10. The minimum absolute atomic E-state index is 0.0817. The zero-order chi connectivity index (χ0) is 9.68. The Kier molecular flexibility index (Phi) is 3.25. The van der Waals surface area contributed by atoms with E-state index in [-0.39, 0.29) is 18.3 Å². The number of aromatic hydroxyl groups is 1. The van der Waals surface area contributed by atoms with E-state index in [4.69, 9.17) is 9.84 Å². The third kappa shape index (κ3) is 3.11. The minimum Gasteiger partial charge on any atom is -0.493 e. The molecule has 0 saturated carbocycles. The highest BCUT2D eigenvalue weighted by Gasteiger charge is 2.04. The molecule has 1 aromatic rings. The summed E-state index contributed by atoms with van der Waals surface area (Å²) in [6.07, 6.45) is 0.0994. The lowest BCUT2D eigenvalue weighted by Crippen LogP contribution is -2.08. The third-order valence-electron chi connectivity index (χ3n) is 1.42. The molecule has 4 heteroatoms. The smallest absolute Gasteiger partial charge is 0.311 e. The van der Waals surface area contributed by atoms with Gasteiger partial charge in [0.25, 0.3) is 0 Å². The first kappa shape index (κ1) is 9.51. The Morgan fingerprint density at radius 1 is 1.62 bits per heavy atom. The zero-order valence-electron chi connectivity index (χ0n) is 7.36. The molecule has 0 fully saturated rings. The number of nitrogens with zero attached hydrogens (tertiary/aromatic N) is 1. The average Bonchev–Trinajstić information content (AvgIpc) is 2.04. The van der Waals surface area contributed by atoms with Gasteiger partial charge < -0.3 is 9.84 Å². The maximum Gasteiger partial charge on any atom is 0.311 e. The molecule has 13 heavy (non-hydrogen) atoms. The lowest BCUT2D eigenvalue weighted by molar-refractivity contribution is -0.142. The number of hydrogen-bond donors (Lipinski definition) is 1. The van der Waals surface area contributed by atoms with Crippen molar-refractivity contribution in [3.8, 4) is 5.88 Å². The molecule has 0 unspecified atom stereocenters. The van der Waals surface area contributed by atoms with Crippen molar-refractivity contribution in [3.63, 3.8) is 0 Å². The normalized spacial score (nSPS) is 9.62. The molecule has 0 amide bonds. The molecule has 0 atom stereocenters. The van der Waals surface area contributed by atoms with Crippen LogP contribution in [0.2, 0.25) is 0 Å². The second-order valence-corrected chi connectivity index (χ2v) is 2.47. The van der Waals surface area contributed by atoms with Crippen LogP contribution in [-0.4, -0.2) is 22.7 Å². The molecule has 4 nitrogen and oxygen atoms in total. The Morgan fingerprint density at radius 3 is 3.00 bits per heavy atom. The van der Waals surface area contributed by atoms with Crippen molar-refractivity contribution < 1.29 is 14.6 Å². The monoisotopic (exact) mass is 181 g/mol. The van der Waals surface area contributed by atoms with E-state index < -0.39 is 0 Å². The van der Waals surface area contributed by atoms with Gasteiger partial charge in [-0.1, -0.05) is 6.07 Å². The Bertz CT molecular complexity index is 299. The van der Waals surface area contributed by atoms with E-state index in [0.717, 1.165) is 0 Å². The number of carbonyl (C=O) groups excluding carboxylic acids is 1. The maximum atomic E-state index is 11.0. The van der Waals surface area contributed by atoms with E-state index in [1.54, 1.807) is 19.1 Å². The molecule has 0 aromatic carbocycles. The molecular weight excluding hydrogens is 170 g/mol. The summed E-state index contributed by atoms with van der Waals surface area (Å²) in [5, 5.41) is 8.99. The molecule has 0 spiro atoms. The van der Waals surface area contributed by atoms with Crippen LogP contribution in [0.1, 0.15) is 12.6 Å². The number of esters is 1. The topological polar surface area (TPSA) is 59.4 Å². The predicted octanol–water partition coefficient (Wildman–Crippen LogP) is 0.893. The summed E-state index contributed by atoms with van der Waals surface area (Å²) in [7, 11) is 0. The van der Waals surface area contributed by atoms with Crippen LogP contribution in [0.5, 0.6) is 5.88 Å². The van der Waals surface area contributed by atoms with Crippen LogP contribution in [0, 0.1) is 0 Å². The van der Waals surface area contributed by atoms with Crippen molar-refractivity contribution in [2.75, 3.05) is 6.61 Å². The molecule has 1 heterocycles. The van der Waals surface area contributed by atoms with Gasteiger partial charge in [-0.25, -0.2) is 4.98 Å². The van der Waals surface area contributed by atoms with Crippen molar-refractivity contribution >= 4 is 5.97 Å². The van der Waals surface area contributed by atoms with E-state index >= 15 is 0 Å². The first-order valence-corrected chi connectivity index (χ1v) is 4.03. The SMILES string of the molecule is CCOC(=O)Cc1cccc(O)n1. The van der Waals surface area contributed by atoms with Crippen molar-refractivity contribution in [1.29, 1.82) is 0 Å². The van der Waals surface area contributed by atoms with Gasteiger partial charge >= 0.3 is 5.97 Å². The summed E-state index contributed by atoms with van der Waals surface area (Å²) < 4.78 is 4.73. The van der Waals surface area contributed by atoms with Crippen LogP contribution in [0.15, 0.2) is 18.2 Å². The maximum absolute atomic E-state index is 11.0. The summed E-state index contributed by atoms with van der Waals surface area (Å²) in [6, 6.07) is 4.75. The van der Waals surface area contributed by atoms with Gasteiger partial charge in [0.05, 0.1) is 18.7 Å². The van der Waals surface area contributed by atoms with Crippen LogP contribution in [-0.2, 0) is 16.0 Å². The van der Waals surface area contributed by atoms with Gasteiger partial charge in [-0.05, 0) is 13.0 Å². The second kappa shape index (κ2) is 4.45. The fourth-order valence-electron chi connectivity index (χ4n) is 0.925. The minimum atomic E-state index is -0.333. The number of hydrogen-bond acceptors (Lipinski definition) is 4. The molecule has 0 saturated heterocycles. The molecule has 0 aliphatic heterocycles. The fraction of sp³-hybridized carbons (Fsp3) is 0.333. The summed E-state index contributed by atoms with van der Waals surface area (Å²) in [5.74, 6) is -0.414. The van der Waals surface area contributed by atoms with Gasteiger partial charge in [-0.15, -0.1) is 0 Å². The van der Waals surface area contributed by atoms with Gasteiger partial charge in [-0.2, -0.15) is 0 Å². The average molecular weight is 181 g/mol. The van der Waals surface area contributed by atoms with E-state index in [2.05, 4.69) is 4.98 Å². The largest absolute Gasteiger partial charge is 0.493 e. The second-order valence-electron chi connectivity index (χ2n) is 2.47.